The summed E-state index contributed by atoms with van der Waals surface area (Å²) in [6, 6.07) is 15.4. The molecule has 1 saturated carbocycles. The van der Waals surface area contributed by atoms with E-state index >= 15 is 0 Å². The van der Waals surface area contributed by atoms with Gasteiger partial charge >= 0.3 is 0 Å². The summed E-state index contributed by atoms with van der Waals surface area (Å²) >= 11 is 0. The highest BCUT2D eigenvalue weighted by molar-refractivity contribution is 6.20. The average Bonchev–Trinajstić information content (AvgIpc) is 3.46. The van der Waals surface area contributed by atoms with Gasteiger partial charge in [0.2, 0.25) is 6.04 Å². The predicted octanol–water partition coefficient (Wildman–Crippen LogP) is 4.65. The summed E-state index contributed by atoms with van der Waals surface area (Å²) < 4.78 is 0. The molecule has 2 aliphatic carbocycles. The highest BCUT2D eigenvalue weighted by atomic mass is 16.6. The van der Waals surface area contributed by atoms with Gasteiger partial charge < -0.3 is 5.11 Å². The summed E-state index contributed by atoms with van der Waals surface area (Å²) in [7, 11) is 0. The minimum absolute atomic E-state index is 0.255. The van der Waals surface area contributed by atoms with Gasteiger partial charge in [-0.05, 0) is 49.5 Å². The van der Waals surface area contributed by atoms with Crippen molar-refractivity contribution >= 4 is 17.3 Å². The van der Waals surface area contributed by atoms with Gasteiger partial charge in [0.25, 0.3) is 5.91 Å². The van der Waals surface area contributed by atoms with E-state index in [9.17, 15) is 20.0 Å². The van der Waals surface area contributed by atoms with E-state index in [1.165, 1.54) is 5.01 Å². The van der Waals surface area contributed by atoms with Gasteiger partial charge in [-0.2, -0.15) is 10.1 Å². The maximum atomic E-state index is 14.3. The zero-order valence-corrected chi connectivity index (χ0v) is 20.0. The topological polar surface area (TPSA) is 96.0 Å². The van der Waals surface area contributed by atoms with Crippen molar-refractivity contribution in [3.63, 3.8) is 0 Å². The van der Waals surface area contributed by atoms with Crippen molar-refractivity contribution in [2.75, 3.05) is 5.01 Å². The number of hydrazone groups is 1. The van der Waals surface area contributed by atoms with Crippen molar-refractivity contribution in [2.45, 2.75) is 45.3 Å². The van der Waals surface area contributed by atoms with Crippen LogP contribution < -0.4 is 5.01 Å². The van der Waals surface area contributed by atoms with Crippen LogP contribution in [0.2, 0.25) is 0 Å². The fourth-order valence-corrected chi connectivity index (χ4v) is 6.35. The summed E-state index contributed by atoms with van der Waals surface area (Å²) in [6.45, 7) is 5.48. The Kier molecular flexibility index (Phi) is 5.68. The largest absolute Gasteiger partial charge is 0.391 e. The van der Waals surface area contributed by atoms with Crippen LogP contribution in [0.1, 0.15) is 37.3 Å². The van der Waals surface area contributed by atoms with Crippen molar-refractivity contribution in [2.24, 2.45) is 22.4 Å². The van der Waals surface area contributed by atoms with Crippen LogP contribution in [0.3, 0.4) is 0 Å². The van der Waals surface area contributed by atoms with E-state index in [1.54, 1.807) is 19.1 Å². The van der Waals surface area contributed by atoms with Gasteiger partial charge in [-0.3, -0.25) is 14.9 Å². The van der Waals surface area contributed by atoms with Gasteiger partial charge in [-0.15, -0.1) is 0 Å². The van der Waals surface area contributed by atoms with Gasteiger partial charge in [-0.25, -0.2) is 0 Å². The number of aliphatic hydroxyl groups is 1. The molecule has 0 aromatic heterocycles. The lowest BCUT2D eigenvalue weighted by atomic mass is 9.51. The van der Waals surface area contributed by atoms with E-state index in [2.05, 4.69) is 5.10 Å². The number of nitro groups is 1. The second kappa shape index (κ2) is 8.57. The number of amides is 1. The fraction of sp³-hybridized carbons (Fsp3) is 0.357. The third-order valence-electron chi connectivity index (χ3n) is 7.99. The number of carbonyl (C=O) groups is 1. The van der Waals surface area contributed by atoms with Crippen LogP contribution >= 0.6 is 0 Å². The maximum absolute atomic E-state index is 14.3. The third-order valence-corrected chi connectivity index (χ3v) is 7.99. The molecule has 2 aromatic rings. The zero-order valence-electron chi connectivity index (χ0n) is 20.0. The van der Waals surface area contributed by atoms with Crippen molar-refractivity contribution in [3.05, 3.63) is 99.6 Å². The van der Waals surface area contributed by atoms with Gasteiger partial charge in [0.05, 0.1) is 29.3 Å². The normalized spacial score (nSPS) is 32.2. The molecular formula is C28H29N3O4. The van der Waals surface area contributed by atoms with Crippen molar-refractivity contribution in [1.29, 1.82) is 0 Å². The minimum Gasteiger partial charge on any atom is -0.391 e. The quantitative estimate of drug-likeness (QED) is 0.519. The Hall–Kier alpha value is -3.58. The fourth-order valence-electron chi connectivity index (χ4n) is 6.35. The number of carbonyl (C=O) groups excluding carboxylic acids is 1. The Bertz CT molecular complexity index is 1250. The molecule has 1 spiro atoms. The molecule has 35 heavy (non-hydrogen) atoms. The van der Waals surface area contributed by atoms with E-state index in [0.29, 0.717) is 23.4 Å². The zero-order chi connectivity index (χ0) is 24.9. The minimum atomic E-state index is -1.55. The molecule has 7 heteroatoms. The van der Waals surface area contributed by atoms with Crippen molar-refractivity contribution in [3.8, 4) is 0 Å². The number of aliphatic hydroxyl groups excluding tert-OH is 1. The maximum Gasteiger partial charge on any atom is 0.262 e. The van der Waals surface area contributed by atoms with Gasteiger partial charge in [0, 0.05) is 4.92 Å². The Morgan fingerprint density at radius 1 is 1.11 bits per heavy atom. The number of benzene rings is 2. The van der Waals surface area contributed by atoms with Crippen molar-refractivity contribution in [1.82, 2.24) is 0 Å². The Labute approximate surface area is 204 Å². The third kappa shape index (κ3) is 3.37. The number of allylic oxidation sites excluding steroid dienone is 3. The van der Waals surface area contributed by atoms with Gasteiger partial charge in [0.15, 0.2) is 0 Å². The second-order valence-electron chi connectivity index (χ2n) is 9.84. The number of hydrogen-bond acceptors (Lipinski definition) is 5. The lowest BCUT2D eigenvalue weighted by Crippen LogP contribution is -2.65. The first-order valence-electron chi connectivity index (χ1n) is 12.0. The Morgan fingerprint density at radius 2 is 1.80 bits per heavy atom. The monoisotopic (exact) mass is 471 g/mol. The van der Waals surface area contributed by atoms with E-state index in [0.717, 1.165) is 11.1 Å². The molecule has 3 aliphatic rings. The number of aryl methyl sites for hydroxylation is 1. The SMILES string of the molecule is CC1=NN(c2ccc(C)cc2)C(=O)[C@@]12[C@H](c1ccccc1)[C@@H]([N+](=O)[O-])[C@H](C1=CCC=C1)[C@@H](C)[C@@H]2O. The van der Waals surface area contributed by atoms with E-state index in [4.69, 9.17) is 0 Å². The molecule has 1 N–H and O–H groups in total. The molecule has 1 aliphatic heterocycles. The smallest absolute Gasteiger partial charge is 0.262 e. The molecule has 7 nitrogen and oxygen atoms in total. The van der Waals surface area contributed by atoms with Crippen LogP contribution in [-0.2, 0) is 4.79 Å². The number of nitrogens with zero attached hydrogens (tertiary/aromatic N) is 3. The van der Waals surface area contributed by atoms with Gasteiger partial charge in [0.1, 0.15) is 5.41 Å². The van der Waals surface area contributed by atoms with Crippen LogP contribution in [0.25, 0.3) is 0 Å². The summed E-state index contributed by atoms with van der Waals surface area (Å²) in [5.74, 6) is -2.39. The van der Waals surface area contributed by atoms with E-state index < -0.39 is 41.2 Å². The molecule has 0 unspecified atom stereocenters. The number of rotatable bonds is 4. The standard InChI is InChI=1S/C28H29N3O4/c1-17-13-15-22(16-14-17)30-27(33)28(19(3)29-30)24(21-11-5-4-6-12-21)25(31(34)35)23(18(2)26(28)32)20-9-7-8-10-20/h4-7,9-16,18,23-26,32H,8H2,1-3H3/t18-,23+,24-,25+,26+,28-/m1/s1. The van der Waals surface area contributed by atoms with Crippen LogP contribution in [0.5, 0.6) is 0 Å². The highest BCUT2D eigenvalue weighted by Gasteiger charge is 2.70. The molecule has 1 amide bonds. The summed E-state index contributed by atoms with van der Waals surface area (Å²) in [5, 5.41) is 30.7. The second-order valence-corrected chi connectivity index (χ2v) is 9.84. The Balaban J connectivity index is 1.73. The summed E-state index contributed by atoms with van der Waals surface area (Å²) in [5.41, 5.74) is 1.97. The van der Waals surface area contributed by atoms with Crippen LogP contribution in [0.4, 0.5) is 5.69 Å². The summed E-state index contributed by atoms with van der Waals surface area (Å²) in [4.78, 5) is 26.9. The molecule has 180 valence electrons. The first kappa shape index (κ1) is 23.2. The predicted molar refractivity (Wildman–Crippen MR) is 135 cm³/mol. The lowest BCUT2D eigenvalue weighted by Gasteiger charge is -2.50. The molecule has 0 radical (unpaired) electrons. The Morgan fingerprint density at radius 3 is 2.40 bits per heavy atom. The molecule has 0 bridgehead atoms. The van der Waals surface area contributed by atoms with E-state index in [-0.39, 0.29) is 4.92 Å². The first-order valence-corrected chi connectivity index (χ1v) is 12.0. The molecular weight excluding hydrogens is 442 g/mol. The lowest BCUT2D eigenvalue weighted by molar-refractivity contribution is -0.543. The van der Waals surface area contributed by atoms with Crippen molar-refractivity contribution < 1.29 is 14.8 Å². The molecule has 1 heterocycles. The van der Waals surface area contributed by atoms with Crippen LogP contribution in [0, 0.1) is 34.3 Å². The highest BCUT2D eigenvalue weighted by Crippen LogP contribution is 2.58. The molecule has 5 rings (SSSR count). The van der Waals surface area contributed by atoms with Gasteiger partial charge in [-0.1, -0.05) is 73.2 Å². The van der Waals surface area contributed by atoms with E-state index in [1.807, 2.05) is 74.5 Å². The average molecular weight is 472 g/mol. The first-order chi connectivity index (χ1) is 16.8. The van der Waals surface area contributed by atoms with Crippen LogP contribution in [-0.4, -0.2) is 33.8 Å². The molecule has 6 atom stereocenters. The number of anilines is 1. The molecule has 0 saturated heterocycles. The number of hydrogen-bond donors (Lipinski definition) is 1. The molecule has 2 aromatic carbocycles. The summed E-state index contributed by atoms with van der Waals surface area (Å²) in [6.07, 6.45) is 5.43. The van der Waals surface area contributed by atoms with Crippen LogP contribution in [0.15, 0.2) is 83.5 Å². The molecule has 1 fully saturated rings.